The van der Waals surface area contributed by atoms with Crippen LogP contribution in [0.15, 0.2) is 30.3 Å². The van der Waals surface area contributed by atoms with Gasteiger partial charge in [0.15, 0.2) is 0 Å². The molecule has 0 spiro atoms. The smallest absolute Gasteiger partial charge is 0.0847 e. The third-order valence-electron chi connectivity index (χ3n) is 3.52. The van der Waals surface area contributed by atoms with Crippen LogP contribution >= 0.6 is 11.6 Å². The van der Waals surface area contributed by atoms with Gasteiger partial charge in [0.25, 0.3) is 0 Å². The summed E-state index contributed by atoms with van der Waals surface area (Å²) in [5, 5.41) is 8.73. The molecule has 1 heterocycles. The summed E-state index contributed by atoms with van der Waals surface area (Å²) >= 11 is 6.35. The van der Waals surface area contributed by atoms with E-state index in [-0.39, 0.29) is 0 Å². The molecule has 1 unspecified atom stereocenters. The molecule has 20 heavy (non-hydrogen) atoms. The van der Waals surface area contributed by atoms with Crippen molar-refractivity contribution in [2.24, 2.45) is 7.05 Å². The van der Waals surface area contributed by atoms with E-state index in [1.165, 1.54) is 5.56 Å². The minimum atomic E-state index is 0.370. The molecule has 0 aliphatic carbocycles. The molecule has 1 N–H and O–H groups in total. The highest BCUT2D eigenvalue weighted by molar-refractivity contribution is 6.31. The van der Waals surface area contributed by atoms with Crippen LogP contribution in [0.1, 0.15) is 23.9 Å². The molecule has 0 aliphatic heterocycles. The van der Waals surface area contributed by atoms with Crippen molar-refractivity contribution in [2.75, 3.05) is 6.54 Å². The highest BCUT2D eigenvalue weighted by Crippen LogP contribution is 2.21. The molecule has 0 amide bonds. The Morgan fingerprint density at radius 3 is 2.50 bits per heavy atom. The standard InChI is InChI=1S/C16H22ClN3/c1-4-18-14(10-13-8-6-5-7-9-13)11-15-16(17)12(2)19-20(15)3/h5-9,14,18H,4,10-11H2,1-3H3. The van der Waals surface area contributed by atoms with E-state index in [1.54, 1.807) is 0 Å². The molecular formula is C16H22ClN3. The van der Waals surface area contributed by atoms with Crippen molar-refractivity contribution >= 4 is 11.6 Å². The van der Waals surface area contributed by atoms with Gasteiger partial charge in [-0.05, 0) is 25.5 Å². The van der Waals surface area contributed by atoms with Crippen LogP contribution in [0, 0.1) is 6.92 Å². The summed E-state index contributed by atoms with van der Waals surface area (Å²) in [4.78, 5) is 0. The van der Waals surface area contributed by atoms with Gasteiger partial charge in [-0.3, -0.25) is 4.68 Å². The molecule has 2 rings (SSSR count). The zero-order chi connectivity index (χ0) is 14.5. The average molecular weight is 292 g/mol. The van der Waals surface area contributed by atoms with Crippen molar-refractivity contribution in [1.29, 1.82) is 0 Å². The number of aromatic nitrogens is 2. The van der Waals surface area contributed by atoms with E-state index in [9.17, 15) is 0 Å². The van der Waals surface area contributed by atoms with Crippen LogP contribution in [0.3, 0.4) is 0 Å². The van der Waals surface area contributed by atoms with Crippen molar-refractivity contribution < 1.29 is 0 Å². The fourth-order valence-electron chi connectivity index (χ4n) is 2.54. The molecule has 0 saturated carbocycles. The third-order valence-corrected chi connectivity index (χ3v) is 4.01. The number of hydrogen-bond acceptors (Lipinski definition) is 2. The van der Waals surface area contributed by atoms with Crippen LogP contribution in [-0.4, -0.2) is 22.4 Å². The van der Waals surface area contributed by atoms with Gasteiger partial charge in [0.1, 0.15) is 0 Å². The van der Waals surface area contributed by atoms with E-state index in [4.69, 9.17) is 11.6 Å². The molecule has 3 nitrogen and oxygen atoms in total. The van der Waals surface area contributed by atoms with Crippen molar-refractivity contribution in [3.8, 4) is 0 Å². The maximum atomic E-state index is 6.35. The van der Waals surface area contributed by atoms with E-state index < -0.39 is 0 Å². The summed E-state index contributed by atoms with van der Waals surface area (Å²) < 4.78 is 1.90. The first-order valence-corrected chi connectivity index (χ1v) is 7.44. The number of benzene rings is 1. The summed E-state index contributed by atoms with van der Waals surface area (Å²) in [7, 11) is 1.96. The molecule has 0 fully saturated rings. The van der Waals surface area contributed by atoms with E-state index in [0.29, 0.717) is 6.04 Å². The second kappa shape index (κ2) is 6.91. The molecule has 0 aliphatic rings. The lowest BCUT2D eigenvalue weighted by molar-refractivity contribution is 0.504. The van der Waals surface area contributed by atoms with Gasteiger partial charge in [0, 0.05) is 19.5 Å². The van der Waals surface area contributed by atoms with Gasteiger partial charge in [-0.25, -0.2) is 0 Å². The molecule has 1 aromatic carbocycles. The van der Waals surface area contributed by atoms with E-state index in [0.717, 1.165) is 35.8 Å². The van der Waals surface area contributed by atoms with E-state index >= 15 is 0 Å². The second-order valence-electron chi connectivity index (χ2n) is 5.12. The first-order valence-electron chi connectivity index (χ1n) is 7.07. The number of halogens is 1. The minimum Gasteiger partial charge on any atom is -0.314 e. The molecular weight excluding hydrogens is 270 g/mol. The molecule has 1 atom stereocenters. The van der Waals surface area contributed by atoms with Gasteiger partial charge in [0.2, 0.25) is 0 Å². The molecule has 4 heteroatoms. The molecule has 0 radical (unpaired) electrons. The molecule has 0 saturated heterocycles. The summed E-state index contributed by atoms with van der Waals surface area (Å²) in [6.07, 6.45) is 1.88. The Morgan fingerprint density at radius 1 is 1.25 bits per heavy atom. The normalized spacial score (nSPS) is 12.6. The van der Waals surface area contributed by atoms with Crippen molar-refractivity contribution in [3.05, 3.63) is 52.3 Å². The highest BCUT2D eigenvalue weighted by atomic mass is 35.5. The predicted octanol–water partition coefficient (Wildman–Crippen LogP) is 3.15. The van der Waals surface area contributed by atoms with Crippen LogP contribution in [0.25, 0.3) is 0 Å². The lowest BCUT2D eigenvalue weighted by Gasteiger charge is -2.18. The van der Waals surface area contributed by atoms with Gasteiger partial charge in [-0.15, -0.1) is 0 Å². The molecule has 1 aromatic heterocycles. The Balaban J connectivity index is 2.13. The summed E-state index contributed by atoms with van der Waals surface area (Å²) in [6.45, 7) is 5.03. The topological polar surface area (TPSA) is 29.9 Å². The Morgan fingerprint density at radius 2 is 1.95 bits per heavy atom. The second-order valence-corrected chi connectivity index (χ2v) is 5.50. The number of aryl methyl sites for hydroxylation is 2. The SMILES string of the molecule is CCNC(Cc1ccccc1)Cc1c(Cl)c(C)nn1C. The van der Waals surface area contributed by atoms with Crippen LogP contribution < -0.4 is 5.32 Å². The van der Waals surface area contributed by atoms with Crippen LogP contribution in [0.4, 0.5) is 0 Å². The Bertz CT molecular complexity index is 548. The lowest BCUT2D eigenvalue weighted by atomic mass is 10.0. The lowest BCUT2D eigenvalue weighted by Crippen LogP contribution is -2.33. The Hall–Kier alpha value is -1.32. The van der Waals surface area contributed by atoms with Gasteiger partial charge < -0.3 is 5.32 Å². The van der Waals surface area contributed by atoms with Crippen molar-refractivity contribution in [2.45, 2.75) is 32.7 Å². The number of likely N-dealkylation sites (N-methyl/N-ethyl adjacent to an activating group) is 1. The maximum Gasteiger partial charge on any atom is 0.0847 e. The fraction of sp³-hybridized carbons (Fsp3) is 0.438. The van der Waals surface area contributed by atoms with E-state index in [1.807, 2.05) is 24.7 Å². The van der Waals surface area contributed by atoms with Crippen molar-refractivity contribution in [3.63, 3.8) is 0 Å². The molecule has 108 valence electrons. The van der Waals surface area contributed by atoms with Gasteiger partial charge in [0.05, 0.1) is 16.4 Å². The maximum absolute atomic E-state index is 6.35. The highest BCUT2D eigenvalue weighted by Gasteiger charge is 2.16. The fourth-order valence-corrected chi connectivity index (χ4v) is 2.78. The largest absolute Gasteiger partial charge is 0.314 e. The Kier molecular flexibility index (Phi) is 5.21. The van der Waals surface area contributed by atoms with Crippen molar-refractivity contribution in [1.82, 2.24) is 15.1 Å². The van der Waals surface area contributed by atoms with Crippen LogP contribution in [0.2, 0.25) is 5.02 Å². The first-order chi connectivity index (χ1) is 9.61. The molecule has 0 bridgehead atoms. The zero-order valence-corrected chi connectivity index (χ0v) is 13.1. The average Bonchev–Trinajstić information content (AvgIpc) is 2.67. The van der Waals surface area contributed by atoms with Gasteiger partial charge >= 0.3 is 0 Å². The third kappa shape index (κ3) is 3.62. The van der Waals surface area contributed by atoms with Crippen LogP contribution in [-0.2, 0) is 19.9 Å². The first kappa shape index (κ1) is 15.1. The van der Waals surface area contributed by atoms with Crippen LogP contribution in [0.5, 0.6) is 0 Å². The summed E-state index contributed by atoms with van der Waals surface area (Å²) in [5.41, 5.74) is 3.35. The number of nitrogens with zero attached hydrogens (tertiary/aromatic N) is 2. The number of rotatable bonds is 6. The summed E-state index contributed by atoms with van der Waals surface area (Å²) in [5.74, 6) is 0. The monoisotopic (exact) mass is 291 g/mol. The predicted molar refractivity (Wildman–Crippen MR) is 84.3 cm³/mol. The minimum absolute atomic E-state index is 0.370. The number of hydrogen-bond donors (Lipinski definition) is 1. The van der Waals surface area contributed by atoms with E-state index in [2.05, 4.69) is 41.6 Å². The zero-order valence-electron chi connectivity index (χ0n) is 12.4. The Labute approximate surface area is 126 Å². The van der Waals surface area contributed by atoms with Gasteiger partial charge in [-0.1, -0.05) is 48.9 Å². The number of nitrogens with one attached hydrogen (secondary N) is 1. The summed E-state index contributed by atoms with van der Waals surface area (Å²) in [6, 6.07) is 10.9. The quantitative estimate of drug-likeness (QED) is 0.886. The molecule has 2 aromatic rings. The van der Waals surface area contributed by atoms with Gasteiger partial charge in [-0.2, -0.15) is 5.10 Å².